The van der Waals surface area contributed by atoms with Crippen LogP contribution in [-0.2, 0) is 20.7 Å². The van der Waals surface area contributed by atoms with E-state index in [9.17, 15) is 9.59 Å². The molecule has 1 unspecified atom stereocenters. The molecule has 5 nitrogen and oxygen atoms in total. The Labute approximate surface area is 107 Å². The zero-order valence-electron chi connectivity index (χ0n) is 9.14. The summed E-state index contributed by atoms with van der Waals surface area (Å²) in [6.07, 6.45) is -1.21. The number of ether oxygens (including phenoxy) is 1. The maximum absolute atomic E-state index is 11.5. The number of carboxylic acid groups (broad SMARTS) is 1. The molecule has 0 saturated heterocycles. The summed E-state index contributed by atoms with van der Waals surface area (Å²) in [5.74, 6) is -1.63. The van der Waals surface area contributed by atoms with E-state index < -0.39 is 18.1 Å². The molecular weight excluding hydrogens is 290 g/mol. The number of halogens is 1. The number of carbonyl (C=O) groups excluding carboxylic acids is 1. The predicted octanol–water partition coefficient (Wildman–Crippen LogP) is 1.16. The zero-order valence-corrected chi connectivity index (χ0v) is 10.7. The normalized spacial score (nSPS) is 11.9. The second-order valence-electron chi connectivity index (χ2n) is 3.33. The first-order valence-corrected chi connectivity index (χ1v) is 5.61. The first-order chi connectivity index (χ1) is 8.02. The molecule has 2 N–H and O–H groups in total. The van der Waals surface area contributed by atoms with E-state index in [2.05, 4.69) is 26.0 Å². The van der Waals surface area contributed by atoms with E-state index in [1.807, 2.05) is 6.07 Å². The molecule has 0 fully saturated rings. The summed E-state index contributed by atoms with van der Waals surface area (Å²) >= 11 is 3.29. The van der Waals surface area contributed by atoms with Crippen molar-refractivity contribution in [1.82, 2.24) is 5.32 Å². The molecule has 0 spiro atoms. The fourth-order valence-corrected chi connectivity index (χ4v) is 1.70. The van der Waals surface area contributed by atoms with Gasteiger partial charge in [-0.3, -0.25) is 4.79 Å². The molecule has 0 aliphatic rings. The van der Waals surface area contributed by atoms with Gasteiger partial charge >= 0.3 is 5.97 Å². The second kappa shape index (κ2) is 6.36. The van der Waals surface area contributed by atoms with Gasteiger partial charge in [0.1, 0.15) is 0 Å². The van der Waals surface area contributed by atoms with Crippen LogP contribution in [0.25, 0.3) is 0 Å². The van der Waals surface area contributed by atoms with E-state index >= 15 is 0 Å². The summed E-state index contributed by atoms with van der Waals surface area (Å²) in [7, 11) is 1.22. The van der Waals surface area contributed by atoms with Crippen molar-refractivity contribution in [1.29, 1.82) is 0 Å². The number of hydrogen-bond donors (Lipinski definition) is 2. The third-order valence-electron chi connectivity index (χ3n) is 2.01. The van der Waals surface area contributed by atoms with Gasteiger partial charge in [0.2, 0.25) is 12.1 Å². The summed E-state index contributed by atoms with van der Waals surface area (Å²) < 4.78 is 5.47. The van der Waals surface area contributed by atoms with Crippen LogP contribution in [0.1, 0.15) is 5.56 Å². The Morgan fingerprint density at radius 2 is 2.24 bits per heavy atom. The van der Waals surface area contributed by atoms with Crippen molar-refractivity contribution in [2.45, 2.75) is 12.6 Å². The maximum atomic E-state index is 11.5. The Kier molecular flexibility index (Phi) is 5.11. The molecule has 1 amide bonds. The molecule has 0 aliphatic carbocycles. The van der Waals surface area contributed by atoms with E-state index in [4.69, 9.17) is 5.11 Å². The fraction of sp³-hybridized carbons (Fsp3) is 0.273. The number of benzene rings is 1. The molecule has 6 heteroatoms. The summed E-state index contributed by atoms with van der Waals surface area (Å²) in [5, 5.41) is 10.9. The third kappa shape index (κ3) is 4.54. The van der Waals surface area contributed by atoms with Crippen LogP contribution in [0.15, 0.2) is 28.7 Å². The van der Waals surface area contributed by atoms with E-state index in [-0.39, 0.29) is 6.42 Å². The Balaban J connectivity index is 2.58. The third-order valence-corrected chi connectivity index (χ3v) is 2.50. The minimum Gasteiger partial charge on any atom is -0.478 e. The number of aliphatic carboxylic acids is 1. The van der Waals surface area contributed by atoms with Crippen LogP contribution in [-0.4, -0.2) is 30.3 Å². The number of carboxylic acids is 1. The first-order valence-electron chi connectivity index (χ1n) is 4.82. The van der Waals surface area contributed by atoms with Crippen molar-refractivity contribution in [2.24, 2.45) is 0 Å². The molecule has 0 aliphatic heterocycles. The van der Waals surface area contributed by atoms with Crippen LogP contribution in [0.3, 0.4) is 0 Å². The lowest BCUT2D eigenvalue weighted by Gasteiger charge is -2.12. The number of carbonyl (C=O) groups is 2. The van der Waals surface area contributed by atoms with Crippen LogP contribution in [0.2, 0.25) is 0 Å². The van der Waals surface area contributed by atoms with Gasteiger partial charge in [0, 0.05) is 11.6 Å². The lowest BCUT2D eigenvalue weighted by Crippen LogP contribution is -2.42. The van der Waals surface area contributed by atoms with Gasteiger partial charge < -0.3 is 15.2 Å². The minimum atomic E-state index is -1.31. The van der Waals surface area contributed by atoms with Gasteiger partial charge in [-0.1, -0.05) is 28.1 Å². The van der Waals surface area contributed by atoms with Gasteiger partial charge in [0.05, 0.1) is 6.42 Å². The zero-order chi connectivity index (χ0) is 12.8. The van der Waals surface area contributed by atoms with Gasteiger partial charge in [0.25, 0.3) is 0 Å². The average Bonchev–Trinajstić information content (AvgIpc) is 2.25. The first kappa shape index (κ1) is 13.7. The van der Waals surface area contributed by atoms with Crippen molar-refractivity contribution < 1.29 is 19.4 Å². The lowest BCUT2D eigenvalue weighted by molar-refractivity contribution is -0.153. The van der Waals surface area contributed by atoms with Gasteiger partial charge in [-0.25, -0.2) is 4.79 Å². The number of rotatable bonds is 5. The van der Waals surface area contributed by atoms with Gasteiger partial charge in [-0.05, 0) is 17.7 Å². The molecule has 0 radical (unpaired) electrons. The van der Waals surface area contributed by atoms with E-state index in [1.54, 1.807) is 18.2 Å². The second-order valence-corrected chi connectivity index (χ2v) is 4.24. The smallest absolute Gasteiger partial charge is 0.354 e. The molecule has 1 rings (SSSR count). The number of methoxy groups -OCH3 is 1. The van der Waals surface area contributed by atoms with Crippen LogP contribution >= 0.6 is 15.9 Å². The molecule has 1 aromatic carbocycles. The quantitative estimate of drug-likeness (QED) is 0.801. The highest BCUT2D eigenvalue weighted by Crippen LogP contribution is 2.11. The summed E-state index contributed by atoms with van der Waals surface area (Å²) in [5.41, 5.74) is 0.789. The van der Waals surface area contributed by atoms with Gasteiger partial charge in [-0.2, -0.15) is 0 Å². The van der Waals surface area contributed by atoms with E-state index in [0.29, 0.717) is 0 Å². The highest BCUT2D eigenvalue weighted by Gasteiger charge is 2.18. The molecule has 92 valence electrons. The van der Waals surface area contributed by atoms with Crippen LogP contribution in [0.5, 0.6) is 0 Å². The predicted molar refractivity (Wildman–Crippen MR) is 64.4 cm³/mol. The number of hydrogen-bond acceptors (Lipinski definition) is 3. The Morgan fingerprint density at radius 3 is 2.76 bits per heavy atom. The Morgan fingerprint density at radius 1 is 1.53 bits per heavy atom. The van der Waals surface area contributed by atoms with E-state index in [1.165, 1.54) is 7.11 Å². The van der Waals surface area contributed by atoms with Crippen molar-refractivity contribution in [3.05, 3.63) is 34.3 Å². The molecule has 1 atom stereocenters. The highest BCUT2D eigenvalue weighted by molar-refractivity contribution is 9.10. The van der Waals surface area contributed by atoms with Crippen LogP contribution in [0, 0.1) is 0 Å². The van der Waals surface area contributed by atoms with Crippen molar-refractivity contribution in [3.63, 3.8) is 0 Å². The van der Waals surface area contributed by atoms with Gasteiger partial charge in [-0.15, -0.1) is 0 Å². The average molecular weight is 302 g/mol. The fourth-order valence-electron chi connectivity index (χ4n) is 1.25. The largest absolute Gasteiger partial charge is 0.478 e. The van der Waals surface area contributed by atoms with Crippen LogP contribution in [0.4, 0.5) is 0 Å². The maximum Gasteiger partial charge on any atom is 0.354 e. The van der Waals surface area contributed by atoms with Crippen LogP contribution < -0.4 is 5.32 Å². The molecule has 0 bridgehead atoms. The SMILES string of the molecule is COC(NC(=O)Cc1cccc(Br)c1)C(=O)O. The number of amides is 1. The molecule has 0 saturated carbocycles. The minimum absolute atomic E-state index is 0.104. The van der Waals surface area contributed by atoms with Crippen molar-refractivity contribution in [2.75, 3.05) is 7.11 Å². The number of nitrogens with one attached hydrogen (secondary N) is 1. The molecule has 1 aromatic rings. The molecule has 0 aromatic heterocycles. The summed E-state index contributed by atoms with van der Waals surface area (Å²) in [4.78, 5) is 22.2. The molecule has 17 heavy (non-hydrogen) atoms. The molecular formula is C11H12BrNO4. The monoisotopic (exact) mass is 301 g/mol. The lowest BCUT2D eigenvalue weighted by atomic mass is 10.1. The Bertz CT molecular complexity index is 422. The summed E-state index contributed by atoms with van der Waals surface area (Å²) in [6, 6.07) is 7.23. The Hall–Kier alpha value is -1.40. The highest BCUT2D eigenvalue weighted by atomic mass is 79.9. The van der Waals surface area contributed by atoms with Crippen molar-refractivity contribution in [3.8, 4) is 0 Å². The molecule has 0 heterocycles. The standard InChI is InChI=1S/C11H12BrNO4/c1-17-10(11(15)16)13-9(14)6-7-3-2-4-8(12)5-7/h2-5,10H,6H2,1H3,(H,13,14)(H,15,16). The van der Waals surface area contributed by atoms with Crippen molar-refractivity contribution >= 4 is 27.8 Å². The summed E-state index contributed by atoms with van der Waals surface area (Å²) in [6.45, 7) is 0. The van der Waals surface area contributed by atoms with Gasteiger partial charge in [0.15, 0.2) is 0 Å². The topological polar surface area (TPSA) is 75.6 Å². The van der Waals surface area contributed by atoms with E-state index in [0.717, 1.165) is 10.0 Å².